The van der Waals surface area contributed by atoms with E-state index in [9.17, 15) is 8.42 Å². The summed E-state index contributed by atoms with van der Waals surface area (Å²) in [4.78, 5) is 4.49. The molecule has 0 fully saturated rings. The fourth-order valence-electron chi connectivity index (χ4n) is 2.47. The molecule has 26 heavy (non-hydrogen) atoms. The molecule has 2 aromatic carbocycles. The van der Waals surface area contributed by atoms with Crippen molar-refractivity contribution in [2.75, 3.05) is 16.6 Å². The van der Waals surface area contributed by atoms with Gasteiger partial charge in [-0.15, -0.1) is 0 Å². The van der Waals surface area contributed by atoms with Gasteiger partial charge in [-0.25, -0.2) is 13.4 Å². The van der Waals surface area contributed by atoms with Gasteiger partial charge in [0.05, 0.1) is 16.8 Å². The van der Waals surface area contributed by atoms with Crippen molar-refractivity contribution in [3.05, 3.63) is 84.1 Å². The van der Waals surface area contributed by atoms with Gasteiger partial charge in [0, 0.05) is 6.54 Å². The number of rotatable bonds is 7. The smallest absolute Gasteiger partial charge is 0.261 e. The first kappa shape index (κ1) is 17.9. The second-order valence-corrected chi connectivity index (χ2v) is 7.70. The first-order chi connectivity index (χ1) is 12.5. The average molecular weight is 367 g/mol. The Kier molecular flexibility index (Phi) is 5.53. The molecule has 0 atom stereocenters. The van der Waals surface area contributed by atoms with Crippen LogP contribution in [0.1, 0.15) is 11.1 Å². The second-order valence-electron chi connectivity index (χ2n) is 6.01. The van der Waals surface area contributed by atoms with E-state index in [1.165, 1.54) is 11.8 Å². The average Bonchev–Trinajstić information content (AvgIpc) is 2.64. The molecule has 0 aliphatic heterocycles. The zero-order valence-electron chi connectivity index (χ0n) is 14.5. The van der Waals surface area contributed by atoms with Crippen LogP contribution in [0.3, 0.4) is 0 Å². The quantitative estimate of drug-likeness (QED) is 0.665. The fraction of sp³-hybridized carbons (Fsp3) is 0.150. The molecule has 0 bridgehead atoms. The Hall–Kier alpha value is -2.86. The predicted octanol–water partition coefficient (Wildman–Crippen LogP) is 3.85. The molecular formula is C20H21N3O2S. The van der Waals surface area contributed by atoms with Crippen molar-refractivity contribution in [2.24, 2.45) is 0 Å². The summed E-state index contributed by atoms with van der Waals surface area (Å²) in [6, 6.07) is 20.4. The SMILES string of the molecule is Cc1ccc(S(=O)(=O)Nc2ccc(NCCc3ccccc3)nc2)cc1. The molecule has 0 unspecified atom stereocenters. The standard InChI is InChI=1S/C20H21N3O2S/c1-16-7-10-19(11-8-16)26(24,25)23-18-9-12-20(22-15-18)21-14-13-17-5-3-2-4-6-17/h2-12,15,23H,13-14H2,1H3,(H,21,22). The maximum absolute atomic E-state index is 12.4. The monoisotopic (exact) mass is 367 g/mol. The molecule has 134 valence electrons. The number of anilines is 2. The van der Waals surface area contributed by atoms with Crippen LogP contribution in [0.5, 0.6) is 0 Å². The lowest BCUT2D eigenvalue weighted by molar-refractivity contribution is 0.601. The van der Waals surface area contributed by atoms with Crippen LogP contribution in [0.4, 0.5) is 11.5 Å². The molecule has 0 amide bonds. The highest BCUT2D eigenvalue weighted by molar-refractivity contribution is 7.92. The topological polar surface area (TPSA) is 71.1 Å². The molecule has 0 saturated heterocycles. The molecule has 0 spiro atoms. The van der Waals surface area contributed by atoms with Crippen LogP contribution in [-0.2, 0) is 16.4 Å². The van der Waals surface area contributed by atoms with Crippen molar-refractivity contribution >= 4 is 21.5 Å². The Balaban J connectivity index is 1.58. The molecule has 0 saturated carbocycles. The molecule has 5 nitrogen and oxygen atoms in total. The maximum atomic E-state index is 12.4. The van der Waals surface area contributed by atoms with E-state index in [-0.39, 0.29) is 4.90 Å². The van der Waals surface area contributed by atoms with Crippen LogP contribution in [0, 0.1) is 6.92 Å². The number of pyridine rings is 1. The van der Waals surface area contributed by atoms with E-state index in [1.54, 1.807) is 36.4 Å². The van der Waals surface area contributed by atoms with Gasteiger partial charge in [0.15, 0.2) is 0 Å². The van der Waals surface area contributed by atoms with Crippen LogP contribution >= 0.6 is 0 Å². The predicted molar refractivity (Wildman–Crippen MR) is 105 cm³/mol. The van der Waals surface area contributed by atoms with Gasteiger partial charge in [-0.3, -0.25) is 4.72 Å². The summed E-state index contributed by atoms with van der Waals surface area (Å²) in [6.45, 7) is 2.67. The number of aromatic nitrogens is 1. The van der Waals surface area contributed by atoms with E-state index < -0.39 is 10.0 Å². The van der Waals surface area contributed by atoms with Crippen molar-refractivity contribution in [1.82, 2.24) is 4.98 Å². The van der Waals surface area contributed by atoms with Gasteiger partial charge in [0.25, 0.3) is 10.0 Å². The fourth-order valence-corrected chi connectivity index (χ4v) is 3.51. The molecule has 1 aromatic heterocycles. The molecule has 0 aliphatic rings. The number of hydrogen-bond donors (Lipinski definition) is 2. The lowest BCUT2D eigenvalue weighted by Crippen LogP contribution is -2.13. The lowest BCUT2D eigenvalue weighted by atomic mass is 10.1. The Bertz CT molecular complexity index is 939. The minimum atomic E-state index is -3.61. The van der Waals surface area contributed by atoms with Gasteiger partial charge in [-0.05, 0) is 43.2 Å². The van der Waals surface area contributed by atoms with Crippen molar-refractivity contribution in [1.29, 1.82) is 0 Å². The van der Waals surface area contributed by atoms with Crippen LogP contribution in [0.25, 0.3) is 0 Å². The van der Waals surface area contributed by atoms with Crippen LogP contribution in [0.15, 0.2) is 77.8 Å². The first-order valence-corrected chi connectivity index (χ1v) is 9.85. The highest BCUT2D eigenvalue weighted by Gasteiger charge is 2.13. The zero-order chi connectivity index (χ0) is 18.4. The molecule has 6 heteroatoms. The van der Waals surface area contributed by atoms with Crippen molar-refractivity contribution in [3.8, 4) is 0 Å². The van der Waals surface area contributed by atoms with Gasteiger partial charge in [0.1, 0.15) is 5.82 Å². The third-order valence-corrected chi connectivity index (χ3v) is 5.31. The number of benzene rings is 2. The second kappa shape index (κ2) is 8.01. The van der Waals surface area contributed by atoms with Crippen molar-refractivity contribution in [3.63, 3.8) is 0 Å². The summed E-state index contributed by atoms with van der Waals surface area (Å²) in [5.74, 6) is 0.708. The van der Waals surface area contributed by atoms with Gasteiger partial charge < -0.3 is 5.32 Å². The number of nitrogens with zero attached hydrogens (tertiary/aromatic N) is 1. The summed E-state index contributed by atoms with van der Waals surface area (Å²) in [6.07, 6.45) is 2.40. The van der Waals surface area contributed by atoms with E-state index in [2.05, 4.69) is 27.2 Å². The molecular weight excluding hydrogens is 346 g/mol. The van der Waals surface area contributed by atoms with E-state index in [4.69, 9.17) is 0 Å². The summed E-state index contributed by atoms with van der Waals surface area (Å²) in [5.41, 5.74) is 2.69. The largest absolute Gasteiger partial charge is 0.370 e. The highest BCUT2D eigenvalue weighted by Crippen LogP contribution is 2.17. The molecule has 3 rings (SSSR count). The zero-order valence-corrected chi connectivity index (χ0v) is 15.3. The summed E-state index contributed by atoms with van der Waals surface area (Å²) in [5, 5.41) is 3.23. The minimum Gasteiger partial charge on any atom is -0.370 e. The number of aryl methyl sites for hydroxylation is 1. The van der Waals surface area contributed by atoms with Crippen LogP contribution < -0.4 is 10.0 Å². The molecule has 0 aliphatic carbocycles. The van der Waals surface area contributed by atoms with Crippen molar-refractivity contribution in [2.45, 2.75) is 18.2 Å². The third-order valence-electron chi connectivity index (χ3n) is 3.91. The Morgan fingerprint density at radius 2 is 1.65 bits per heavy atom. The minimum absolute atomic E-state index is 0.230. The van der Waals surface area contributed by atoms with Gasteiger partial charge >= 0.3 is 0 Å². The summed E-state index contributed by atoms with van der Waals surface area (Å²) < 4.78 is 27.3. The summed E-state index contributed by atoms with van der Waals surface area (Å²) in [7, 11) is -3.61. The van der Waals surface area contributed by atoms with Gasteiger partial charge in [-0.1, -0.05) is 48.0 Å². The summed E-state index contributed by atoms with van der Waals surface area (Å²) >= 11 is 0. The van der Waals surface area contributed by atoms with E-state index >= 15 is 0 Å². The number of sulfonamides is 1. The third kappa shape index (κ3) is 4.83. The number of hydrogen-bond acceptors (Lipinski definition) is 4. The molecule has 2 N–H and O–H groups in total. The normalized spacial score (nSPS) is 11.1. The molecule has 1 heterocycles. The molecule has 3 aromatic rings. The van der Waals surface area contributed by atoms with Gasteiger partial charge in [-0.2, -0.15) is 0 Å². The Morgan fingerprint density at radius 3 is 2.31 bits per heavy atom. The first-order valence-electron chi connectivity index (χ1n) is 8.36. The van der Waals surface area contributed by atoms with Crippen LogP contribution in [0.2, 0.25) is 0 Å². The molecule has 0 radical (unpaired) electrons. The Labute approximate surface area is 154 Å². The van der Waals surface area contributed by atoms with E-state index in [1.807, 2.05) is 25.1 Å². The Morgan fingerprint density at radius 1 is 0.923 bits per heavy atom. The highest BCUT2D eigenvalue weighted by atomic mass is 32.2. The van der Waals surface area contributed by atoms with Gasteiger partial charge in [0.2, 0.25) is 0 Å². The van der Waals surface area contributed by atoms with Crippen LogP contribution in [-0.4, -0.2) is 19.9 Å². The number of nitrogens with one attached hydrogen (secondary N) is 2. The van der Waals surface area contributed by atoms with E-state index in [0.717, 1.165) is 18.5 Å². The maximum Gasteiger partial charge on any atom is 0.261 e. The lowest BCUT2D eigenvalue weighted by Gasteiger charge is -2.10. The van der Waals surface area contributed by atoms with Crippen molar-refractivity contribution < 1.29 is 8.42 Å². The van der Waals surface area contributed by atoms with E-state index in [0.29, 0.717) is 11.5 Å².